The first-order chi connectivity index (χ1) is 6.13. The van der Waals surface area contributed by atoms with E-state index in [1.807, 2.05) is 6.07 Å². The summed E-state index contributed by atoms with van der Waals surface area (Å²) in [6, 6.07) is 1.89. The van der Waals surface area contributed by atoms with E-state index < -0.39 is 5.97 Å². The Morgan fingerprint density at radius 2 is 2.31 bits per heavy atom. The highest BCUT2D eigenvalue weighted by Crippen LogP contribution is 2.08. The lowest BCUT2D eigenvalue weighted by atomic mass is 10.1. The Bertz CT molecular complexity index is 271. The van der Waals surface area contributed by atoms with Crippen LogP contribution in [0, 0.1) is 11.3 Å². The van der Waals surface area contributed by atoms with Crippen molar-refractivity contribution in [2.45, 2.75) is 20.3 Å². The molecule has 0 N–H and O–H groups in total. The molecular formula is C10H13NO2. The van der Waals surface area contributed by atoms with Crippen molar-refractivity contribution in [1.29, 1.82) is 5.26 Å². The summed E-state index contributed by atoms with van der Waals surface area (Å²) in [6.07, 6.45) is 1.87. The number of carbonyl (C=O) groups is 1. The summed E-state index contributed by atoms with van der Waals surface area (Å²) in [5.41, 5.74) is 1.14. The predicted molar refractivity (Wildman–Crippen MR) is 49.8 cm³/mol. The van der Waals surface area contributed by atoms with Gasteiger partial charge in [0.1, 0.15) is 6.61 Å². The summed E-state index contributed by atoms with van der Waals surface area (Å²) in [5.74, 6) is -0.412. The van der Waals surface area contributed by atoms with Crippen LogP contribution < -0.4 is 0 Å². The molecule has 3 nitrogen and oxygen atoms in total. The molecule has 0 aromatic rings. The molecular weight excluding hydrogens is 166 g/mol. The molecule has 0 saturated heterocycles. The third-order valence-electron chi connectivity index (χ3n) is 1.42. The molecule has 13 heavy (non-hydrogen) atoms. The third-order valence-corrected chi connectivity index (χ3v) is 1.42. The van der Waals surface area contributed by atoms with Crippen molar-refractivity contribution in [3.8, 4) is 6.07 Å². The van der Waals surface area contributed by atoms with Crippen LogP contribution in [0.5, 0.6) is 0 Å². The SMILES string of the molecule is C=C(C)/C(=C/C)C(=O)OCCC#N. The van der Waals surface area contributed by atoms with Gasteiger partial charge in [-0.1, -0.05) is 12.7 Å². The van der Waals surface area contributed by atoms with E-state index in [-0.39, 0.29) is 13.0 Å². The maximum absolute atomic E-state index is 11.2. The summed E-state index contributed by atoms with van der Waals surface area (Å²) >= 11 is 0. The first-order valence-corrected chi connectivity index (χ1v) is 3.99. The molecule has 0 spiro atoms. The minimum absolute atomic E-state index is 0.139. The summed E-state index contributed by atoms with van der Waals surface area (Å²) in [7, 11) is 0. The zero-order valence-corrected chi connectivity index (χ0v) is 7.96. The highest BCUT2D eigenvalue weighted by Gasteiger charge is 2.09. The van der Waals surface area contributed by atoms with Crippen LogP contribution in [-0.4, -0.2) is 12.6 Å². The van der Waals surface area contributed by atoms with E-state index in [9.17, 15) is 4.79 Å². The Labute approximate surface area is 78.3 Å². The van der Waals surface area contributed by atoms with Crippen LogP contribution in [0.15, 0.2) is 23.8 Å². The fraction of sp³-hybridized carbons (Fsp3) is 0.400. The summed E-state index contributed by atoms with van der Waals surface area (Å²) < 4.78 is 4.81. The normalized spacial score (nSPS) is 10.4. The summed E-state index contributed by atoms with van der Waals surface area (Å²) in [5, 5.41) is 8.21. The lowest BCUT2D eigenvalue weighted by molar-refractivity contribution is -0.138. The molecule has 3 heteroatoms. The Morgan fingerprint density at radius 1 is 1.69 bits per heavy atom. The Morgan fingerprint density at radius 3 is 2.69 bits per heavy atom. The molecule has 0 aliphatic carbocycles. The van der Waals surface area contributed by atoms with Crippen LogP contribution in [0.1, 0.15) is 20.3 Å². The van der Waals surface area contributed by atoms with Gasteiger partial charge in [0, 0.05) is 0 Å². The van der Waals surface area contributed by atoms with E-state index in [1.165, 1.54) is 0 Å². The first-order valence-electron chi connectivity index (χ1n) is 3.99. The number of hydrogen-bond donors (Lipinski definition) is 0. The van der Waals surface area contributed by atoms with E-state index in [2.05, 4.69) is 6.58 Å². The average Bonchev–Trinajstić information content (AvgIpc) is 2.05. The van der Waals surface area contributed by atoms with Gasteiger partial charge >= 0.3 is 5.97 Å². The van der Waals surface area contributed by atoms with E-state index in [4.69, 9.17) is 10.00 Å². The van der Waals surface area contributed by atoms with Gasteiger partial charge in [0.25, 0.3) is 0 Å². The van der Waals surface area contributed by atoms with Crippen molar-refractivity contribution < 1.29 is 9.53 Å². The Balaban J connectivity index is 4.11. The number of nitriles is 1. The molecule has 0 aliphatic heterocycles. The van der Waals surface area contributed by atoms with Gasteiger partial charge in [0.15, 0.2) is 0 Å². The van der Waals surface area contributed by atoms with Gasteiger partial charge in [-0.25, -0.2) is 4.79 Å². The van der Waals surface area contributed by atoms with Crippen molar-refractivity contribution in [3.63, 3.8) is 0 Å². The standard InChI is InChI=1S/C10H13NO2/c1-4-9(8(2)3)10(12)13-7-5-6-11/h4H,2,5,7H2,1,3H3/b9-4-. The van der Waals surface area contributed by atoms with E-state index in [0.29, 0.717) is 11.1 Å². The molecule has 0 bridgehead atoms. The number of esters is 1. The largest absolute Gasteiger partial charge is 0.461 e. The number of carbonyl (C=O) groups excluding carboxylic acids is 1. The number of ether oxygens (including phenoxy) is 1. The molecule has 0 saturated carbocycles. The third kappa shape index (κ3) is 4.12. The van der Waals surface area contributed by atoms with Crippen molar-refractivity contribution >= 4 is 5.97 Å². The molecule has 0 rings (SSSR count). The number of rotatable bonds is 4. The average molecular weight is 179 g/mol. The quantitative estimate of drug-likeness (QED) is 0.287. The lowest BCUT2D eigenvalue weighted by Gasteiger charge is -2.05. The Hall–Kier alpha value is -1.56. The summed E-state index contributed by atoms with van der Waals surface area (Å²) in [4.78, 5) is 11.2. The van der Waals surface area contributed by atoms with E-state index >= 15 is 0 Å². The highest BCUT2D eigenvalue weighted by molar-refractivity contribution is 5.92. The van der Waals surface area contributed by atoms with Crippen LogP contribution >= 0.6 is 0 Å². The van der Waals surface area contributed by atoms with E-state index in [0.717, 1.165) is 0 Å². The zero-order chi connectivity index (χ0) is 10.3. The molecule has 0 heterocycles. The van der Waals surface area contributed by atoms with Crippen molar-refractivity contribution in [1.82, 2.24) is 0 Å². The minimum atomic E-state index is -0.412. The van der Waals surface area contributed by atoms with Gasteiger partial charge in [-0.05, 0) is 19.4 Å². The van der Waals surface area contributed by atoms with Gasteiger partial charge in [-0.3, -0.25) is 0 Å². The lowest BCUT2D eigenvalue weighted by Crippen LogP contribution is -2.09. The van der Waals surface area contributed by atoms with E-state index in [1.54, 1.807) is 19.9 Å². The maximum Gasteiger partial charge on any atom is 0.338 e. The molecule has 0 aromatic heterocycles. The van der Waals surface area contributed by atoms with Gasteiger partial charge in [0.05, 0.1) is 18.1 Å². The molecule has 0 atom stereocenters. The molecule has 0 aliphatic rings. The fourth-order valence-electron chi connectivity index (χ4n) is 0.806. The van der Waals surface area contributed by atoms with Crippen LogP contribution in [-0.2, 0) is 9.53 Å². The van der Waals surface area contributed by atoms with Crippen LogP contribution in [0.3, 0.4) is 0 Å². The topological polar surface area (TPSA) is 50.1 Å². The smallest absolute Gasteiger partial charge is 0.338 e. The van der Waals surface area contributed by atoms with Crippen molar-refractivity contribution in [3.05, 3.63) is 23.8 Å². The monoisotopic (exact) mass is 179 g/mol. The van der Waals surface area contributed by atoms with Crippen molar-refractivity contribution in [2.75, 3.05) is 6.61 Å². The highest BCUT2D eigenvalue weighted by atomic mass is 16.5. The fourth-order valence-corrected chi connectivity index (χ4v) is 0.806. The maximum atomic E-state index is 11.2. The second kappa shape index (κ2) is 6.01. The van der Waals surface area contributed by atoms with Crippen LogP contribution in [0.2, 0.25) is 0 Å². The predicted octanol–water partition coefficient (Wildman–Crippen LogP) is 1.97. The van der Waals surface area contributed by atoms with Gasteiger partial charge in [-0.2, -0.15) is 5.26 Å². The molecule has 0 fully saturated rings. The molecule has 70 valence electrons. The number of allylic oxidation sites excluding steroid dienone is 1. The number of nitrogens with zero attached hydrogens (tertiary/aromatic N) is 1. The minimum Gasteiger partial charge on any atom is -0.461 e. The van der Waals surface area contributed by atoms with Crippen molar-refractivity contribution in [2.24, 2.45) is 0 Å². The van der Waals surface area contributed by atoms with Crippen LogP contribution in [0.4, 0.5) is 0 Å². The second-order valence-corrected chi connectivity index (χ2v) is 2.53. The zero-order valence-electron chi connectivity index (χ0n) is 7.96. The second-order valence-electron chi connectivity index (χ2n) is 2.53. The van der Waals surface area contributed by atoms with Gasteiger partial charge in [-0.15, -0.1) is 0 Å². The molecule has 0 amide bonds. The molecule has 0 unspecified atom stereocenters. The van der Waals surface area contributed by atoms with Gasteiger partial charge < -0.3 is 4.74 Å². The summed E-state index contributed by atoms with van der Waals surface area (Å²) in [6.45, 7) is 7.26. The molecule has 0 aromatic carbocycles. The van der Waals surface area contributed by atoms with Gasteiger partial charge in [0.2, 0.25) is 0 Å². The first kappa shape index (κ1) is 11.4. The number of hydrogen-bond acceptors (Lipinski definition) is 3. The Kier molecular flexibility index (Phi) is 5.29. The molecule has 0 radical (unpaired) electrons. The van der Waals surface area contributed by atoms with Crippen LogP contribution in [0.25, 0.3) is 0 Å².